The third kappa shape index (κ3) is 3.92. The van der Waals surface area contributed by atoms with Gasteiger partial charge < -0.3 is 9.47 Å². The highest BCUT2D eigenvalue weighted by Gasteiger charge is 2.35. The summed E-state index contributed by atoms with van der Waals surface area (Å²) in [6.07, 6.45) is 1.73. The number of carbonyl (C=O) groups is 1. The summed E-state index contributed by atoms with van der Waals surface area (Å²) in [4.78, 5) is 43.8. The van der Waals surface area contributed by atoms with Gasteiger partial charge >= 0.3 is 5.69 Å². The van der Waals surface area contributed by atoms with Gasteiger partial charge in [-0.15, -0.1) is 0 Å². The van der Waals surface area contributed by atoms with Gasteiger partial charge in [0, 0.05) is 26.7 Å². The molecule has 0 radical (unpaired) electrons. The van der Waals surface area contributed by atoms with Gasteiger partial charge in [-0.2, -0.15) is 0 Å². The number of carbonyl (C=O) groups excluding carboxylic acids is 1. The Labute approximate surface area is 178 Å². The monoisotopic (exact) mass is 445 g/mol. The first-order chi connectivity index (χ1) is 14.7. The van der Waals surface area contributed by atoms with E-state index in [-0.39, 0.29) is 41.7 Å². The molecular weight excluding hydrogens is 422 g/mol. The molecule has 1 atom stereocenters. The van der Waals surface area contributed by atoms with Gasteiger partial charge in [0.2, 0.25) is 5.91 Å². The van der Waals surface area contributed by atoms with Crippen LogP contribution in [0, 0.1) is 0 Å². The SMILES string of the molecule is Cn1c(=O)c2c(ncn2CC(=O)N(Cc2ccccc2)[C@H]2CCS(=O)(=O)C2)n(C)c1=O. The lowest BCUT2D eigenvalue weighted by molar-refractivity contribution is -0.134. The Bertz CT molecular complexity index is 1370. The predicted molar refractivity (Wildman–Crippen MR) is 114 cm³/mol. The number of imidazole rings is 1. The Morgan fingerprint density at radius 3 is 2.52 bits per heavy atom. The first kappa shape index (κ1) is 21.0. The molecule has 164 valence electrons. The predicted octanol–water partition coefficient (Wildman–Crippen LogP) is -0.350. The average molecular weight is 446 g/mol. The minimum absolute atomic E-state index is 0.0485. The second kappa shape index (κ2) is 7.80. The zero-order chi connectivity index (χ0) is 22.3. The van der Waals surface area contributed by atoms with Crippen LogP contribution in [0.4, 0.5) is 0 Å². The van der Waals surface area contributed by atoms with Gasteiger partial charge in [-0.1, -0.05) is 30.3 Å². The Kier molecular flexibility index (Phi) is 5.29. The molecule has 0 bridgehead atoms. The molecule has 3 heterocycles. The third-order valence-electron chi connectivity index (χ3n) is 5.69. The number of aryl methyl sites for hydroxylation is 1. The van der Waals surface area contributed by atoms with Crippen molar-refractivity contribution in [2.24, 2.45) is 14.1 Å². The number of sulfone groups is 1. The van der Waals surface area contributed by atoms with E-state index in [0.717, 1.165) is 10.1 Å². The molecule has 0 unspecified atom stereocenters. The molecule has 1 saturated heterocycles. The fraction of sp³-hybridized carbons (Fsp3) is 0.400. The molecule has 1 aliphatic rings. The van der Waals surface area contributed by atoms with E-state index >= 15 is 0 Å². The summed E-state index contributed by atoms with van der Waals surface area (Å²) < 4.78 is 27.7. The van der Waals surface area contributed by atoms with E-state index in [1.54, 1.807) is 4.90 Å². The molecule has 10 nitrogen and oxygen atoms in total. The standard InChI is InChI=1S/C20H23N5O5S/c1-22-18-17(19(27)23(2)20(22)28)24(13-21-18)11-16(26)25(10-14-6-4-3-5-7-14)15-8-9-31(29,30)12-15/h3-7,13,15H,8-12H2,1-2H3/t15-/m0/s1. The van der Waals surface area contributed by atoms with Gasteiger partial charge in [-0.05, 0) is 12.0 Å². The van der Waals surface area contributed by atoms with E-state index in [9.17, 15) is 22.8 Å². The summed E-state index contributed by atoms with van der Waals surface area (Å²) in [5, 5.41) is 0. The van der Waals surface area contributed by atoms with Gasteiger partial charge in [-0.25, -0.2) is 18.2 Å². The number of fused-ring (bicyclic) bond motifs is 1. The third-order valence-corrected chi connectivity index (χ3v) is 7.44. The molecule has 1 aliphatic heterocycles. The molecule has 4 rings (SSSR count). The fourth-order valence-corrected chi connectivity index (χ4v) is 5.71. The van der Waals surface area contributed by atoms with Crippen LogP contribution in [0.25, 0.3) is 11.2 Å². The average Bonchev–Trinajstić information content (AvgIpc) is 3.32. The van der Waals surface area contributed by atoms with Crippen molar-refractivity contribution in [2.45, 2.75) is 25.6 Å². The van der Waals surface area contributed by atoms with Crippen LogP contribution in [0.2, 0.25) is 0 Å². The summed E-state index contributed by atoms with van der Waals surface area (Å²) in [5.41, 5.74) is 0.182. The molecule has 1 aromatic carbocycles. The molecule has 1 amide bonds. The smallest absolute Gasteiger partial charge is 0.332 e. The van der Waals surface area contributed by atoms with Crippen LogP contribution in [-0.4, -0.2) is 55.5 Å². The van der Waals surface area contributed by atoms with Gasteiger partial charge in [0.1, 0.15) is 6.54 Å². The van der Waals surface area contributed by atoms with Crippen molar-refractivity contribution in [3.05, 3.63) is 63.1 Å². The first-order valence-electron chi connectivity index (χ1n) is 9.82. The molecule has 0 spiro atoms. The largest absolute Gasteiger partial charge is 0.333 e. The van der Waals surface area contributed by atoms with E-state index in [1.165, 1.54) is 29.6 Å². The normalized spacial score (nSPS) is 17.8. The molecule has 3 aromatic rings. The Balaban J connectivity index is 1.70. The topological polar surface area (TPSA) is 116 Å². The Hall–Kier alpha value is -3.21. The molecular formula is C20H23N5O5S. The summed E-state index contributed by atoms with van der Waals surface area (Å²) in [6.45, 7) is 0.0797. The maximum Gasteiger partial charge on any atom is 0.332 e. The Morgan fingerprint density at radius 2 is 1.87 bits per heavy atom. The van der Waals surface area contributed by atoms with E-state index in [1.807, 2.05) is 30.3 Å². The minimum Gasteiger partial charge on any atom is -0.333 e. The van der Waals surface area contributed by atoms with Crippen molar-refractivity contribution >= 4 is 26.9 Å². The van der Waals surface area contributed by atoms with Crippen LogP contribution in [0.15, 0.2) is 46.2 Å². The van der Waals surface area contributed by atoms with Crippen LogP contribution < -0.4 is 11.2 Å². The van der Waals surface area contributed by atoms with Crippen LogP contribution in [0.1, 0.15) is 12.0 Å². The van der Waals surface area contributed by atoms with Crippen molar-refractivity contribution in [2.75, 3.05) is 11.5 Å². The van der Waals surface area contributed by atoms with Gasteiger partial charge in [0.25, 0.3) is 5.56 Å². The minimum atomic E-state index is -3.19. The van der Waals surface area contributed by atoms with E-state index in [0.29, 0.717) is 6.42 Å². The van der Waals surface area contributed by atoms with E-state index in [2.05, 4.69) is 4.98 Å². The zero-order valence-corrected chi connectivity index (χ0v) is 18.1. The van der Waals surface area contributed by atoms with E-state index < -0.39 is 27.1 Å². The molecule has 31 heavy (non-hydrogen) atoms. The highest BCUT2D eigenvalue weighted by molar-refractivity contribution is 7.91. The number of hydrogen-bond acceptors (Lipinski definition) is 6. The zero-order valence-electron chi connectivity index (χ0n) is 17.3. The lowest BCUT2D eigenvalue weighted by atomic mass is 10.1. The second-order valence-corrected chi connectivity index (χ2v) is 10.0. The van der Waals surface area contributed by atoms with Crippen LogP contribution in [0.3, 0.4) is 0 Å². The first-order valence-corrected chi connectivity index (χ1v) is 11.6. The lowest BCUT2D eigenvalue weighted by Crippen LogP contribution is -2.43. The van der Waals surface area contributed by atoms with Crippen molar-refractivity contribution in [1.82, 2.24) is 23.6 Å². The summed E-state index contributed by atoms with van der Waals surface area (Å²) in [5.74, 6) is -0.347. The number of benzene rings is 1. The quantitative estimate of drug-likeness (QED) is 0.530. The molecule has 11 heteroatoms. The van der Waals surface area contributed by atoms with Crippen molar-refractivity contribution < 1.29 is 13.2 Å². The van der Waals surface area contributed by atoms with Crippen LogP contribution in [0.5, 0.6) is 0 Å². The highest BCUT2D eigenvalue weighted by atomic mass is 32.2. The molecule has 0 N–H and O–H groups in total. The molecule has 1 fully saturated rings. The summed E-state index contributed by atoms with van der Waals surface area (Å²) in [7, 11) is -0.312. The Morgan fingerprint density at radius 1 is 1.16 bits per heavy atom. The van der Waals surface area contributed by atoms with Crippen LogP contribution in [-0.2, 0) is 41.8 Å². The summed E-state index contributed by atoms with van der Waals surface area (Å²) in [6, 6.07) is 8.91. The van der Waals surface area contributed by atoms with Gasteiger partial charge in [-0.3, -0.25) is 18.7 Å². The second-order valence-electron chi connectivity index (χ2n) is 7.81. The number of rotatable bonds is 5. The van der Waals surface area contributed by atoms with Crippen LogP contribution >= 0.6 is 0 Å². The van der Waals surface area contributed by atoms with Crippen molar-refractivity contribution in [3.63, 3.8) is 0 Å². The summed E-state index contributed by atoms with van der Waals surface area (Å²) >= 11 is 0. The number of amides is 1. The molecule has 0 aliphatic carbocycles. The van der Waals surface area contributed by atoms with E-state index in [4.69, 9.17) is 0 Å². The molecule has 0 saturated carbocycles. The fourth-order valence-electron chi connectivity index (χ4n) is 3.98. The highest BCUT2D eigenvalue weighted by Crippen LogP contribution is 2.21. The maximum absolute atomic E-state index is 13.3. The van der Waals surface area contributed by atoms with Gasteiger partial charge in [0.15, 0.2) is 21.0 Å². The maximum atomic E-state index is 13.3. The number of aromatic nitrogens is 4. The number of nitrogens with zero attached hydrogens (tertiary/aromatic N) is 5. The van der Waals surface area contributed by atoms with Crippen molar-refractivity contribution in [1.29, 1.82) is 0 Å². The lowest BCUT2D eigenvalue weighted by Gasteiger charge is -2.28. The van der Waals surface area contributed by atoms with Gasteiger partial charge in [0.05, 0.1) is 17.8 Å². The van der Waals surface area contributed by atoms with Crippen molar-refractivity contribution in [3.8, 4) is 0 Å². The molecule has 2 aromatic heterocycles. The number of hydrogen-bond donors (Lipinski definition) is 0.